The first-order chi connectivity index (χ1) is 13.8. The number of nitrogens with zero attached hydrogens (tertiary/aromatic N) is 2. The van der Waals surface area contributed by atoms with Crippen LogP contribution in [0, 0.1) is 0 Å². The fourth-order valence-corrected chi connectivity index (χ4v) is 3.59. The van der Waals surface area contributed by atoms with Crippen LogP contribution >= 0.6 is 0 Å². The number of rotatable bonds is 6. The summed E-state index contributed by atoms with van der Waals surface area (Å²) in [4.78, 5) is 16.6. The van der Waals surface area contributed by atoms with E-state index in [1.54, 1.807) is 0 Å². The van der Waals surface area contributed by atoms with Gasteiger partial charge >= 0.3 is 12.1 Å². The summed E-state index contributed by atoms with van der Waals surface area (Å²) >= 11 is 0. The molecule has 0 bridgehead atoms. The third-order valence-corrected chi connectivity index (χ3v) is 6.03. The van der Waals surface area contributed by atoms with Crippen molar-refractivity contribution >= 4 is 21.6 Å². The first-order valence-corrected chi connectivity index (χ1v) is 10.0. The largest absolute Gasteiger partial charge is 0.458 e. The molecule has 0 aliphatic carbocycles. The number of alkyl halides is 6. The molecule has 1 heterocycles. The van der Waals surface area contributed by atoms with Gasteiger partial charge in [0.15, 0.2) is 9.84 Å². The van der Waals surface area contributed by atoms with Crippen LogP contribution in [0.1, 0.15) is 28.4 Å². The van der Waals surface area contributed by atoms with E-state index in [-0.39, 0.29) is 28.9 Å². The highest BCUT2D eigenvalue weighted by Crippen LogP contribution is 2.43. The second-order valence-electron chi connectivity index (χ2n) is 6.21. The highest BCUT2D eigenvalue weighted by atomic mass is 32.2. The average Bonchev–Trinajstić information content (AvgIpc) is 2.71. The molecule has 30 heavy (non-hydrogen) atoms. The van der Waals surface area contributed by atoms with Crippen LogP contribution in [-0.4, -0.2) is 38.3 Å². The van der Waals surface area contributed by atoms with Crippen molar-refractivity contribution in [1.29, 1.82) is 0 Å². The number of aromatic nitrogens is 1. The number of pyridine rings is 1. The monoisotopic (exact) mass is 454 g/mol. The van der Waals surface area contributed by atoms with E-state index >= 15 is 0 Å². The number of hydrogen-bond acceptors (Lipinski definition) is 4. The second kappa shape index (κ2) is 8.25. The summed E-state index contributed by atoms with van der Waals surface area (Å²) in [6, 6.07) is 4.56. The SMILES string of the molecule is CCS(=O)(=O)c1cc(CF)ccc1C(=O)N(C)c1ccc(C(F)(F)C(F)(F)F)cn1. The van der Waals surface area contributed by atoms with E-state index in [2.05, 4.69) is 4.98 Å². The minimum Gasteiger partial charge on any atom is -0.296 e. The zero-order chi connectivity index (χ0) is 22.9. The molecule has 164 valence electrons. The van der Waals surface area contributed by atoms with Gasteiger partial charge in [0, 0.05) is 18.8 Å². The fraction of sp³-hybridized carbons (Fsp3) is 0.333. The predicted molar refractivity (Wildman–Crippen MR) is 95.9 cm³/mol. The predicted octanol–water partition coefficient (Wildman–Crippen LogP) is 4.28. The van der Waals surface area contributed by atoms with E-state index in [1.165, 1.54) is 13.0 Å². The van der Waals surface area contributed by atoms with Crippen LogP contribution in [0.3, 0.4) is 0 Å². The average molecular weight is 454 g/mol. The van der Waals surface area contributed by atoms with Crippen LogP contribution in [0.2, 0.25) is 0 Å². The number of amides is 1. The quantitative estimate of drug-likeness (QED) is 0.612. The molecule has 0 spiro atoms. The summed E-state index contributed by atoms with van der Waals surface area (Å²) in [6.07, 6.45) is -5.54. The maximum atomic E-state index is 13.4. The molecule has 1 aromatic carbocycles. The van der Waals surface area contributed by atoms with Crippen LogP contribution in [-0.2, 0) is 22.4 Å². The highest BCUT2D eigenvalue weighted by Gasteiger charge is 2.58. The van der Waals surface area contributed by atoms with Gasteiger partial charge in [-0.25, -0.2) is 17.8 Å². The van der Waals surface area contributed by atoms with Crippen LogP contribution in [0.5, 0.6) is 0 Å². The molecule has 12 heteroatoms. The Hall–Kier alpha value is -2.63. The van der Waals surface area contributed by atoms with Crippen molar-refractivity contribution in [2.24, 2.45) is 0 Å². The molecule has 0 unspecified atom stereocenters. The number of benzene rings is 1. The van der Waals surface area contributed by atoms with Gasteiger partial charge in [0.2, 0.25) is 0 Å². The third kappa shape index (κ3) is 4.42. The third-order valence-electron chi connectivity index (χ3n) is 4.26. The van der Waals surface area contributed by atoms with E-state index in [0.717, 1.165) is 30.1 Å². The Labute approximate surface area is 168 Å². The molecular formula is C18H16F6N2O3S. The van der Waals surface area contributed by atoms with Crippen molar-refractivity contribution < 1.29 is 39.6 Å². The van der Waals surface area contributed by atoms with Crippen molar-refractivity contribution in [3.63, 3.8) is 0 Å². The Balaban J connectivity index is 2.44. The Morgan fingerprint density at radius 3 is 2.20 bits per heavy atom. The first-order valence-electron chi connectivity index (χ1n) is 8.37. The smallest absolute Gasteiger partial charge is 0.296 e. The summed E-state index contributed by atoms with van der Waals surface area (Å²) < 4.78 is 102. The van der Waals surface area contributed by atoms with Gasteiger partial charge in [-0.1, -0.05) is 13.0 Å². The number of carbonyl (C=O) groups is 1. The molecule has 0 radical (unpaired) electrons. The molecular weight excluding hydrogens is 438 g/mol. The Morgan fingerprint density at radius 2 is 1.73 bits per heavy atom. The molecule has 0 saturated carbocycles. The van der Waals surface area contributed by atoms with Crippen molar-refractivity contribution in [2.75, 3.05) is 17.7 Å². The lowest BCUT2D eigenvalue weighted by Crippen LogP contribution is -2.34. The lowest BCUT2D eigenvalue weighted by atomic mass is 10.1. The zero-order valence-electron chi connectivity index (χ0n) is 15.7. The van der Waals surface area contributed by atoms with Gasteiger partial charge < -0.3 is 0 Å². The van der Waals surface area contributed by atoms with Gasteiger partial charge in [0.05, 0.1) is 16.2 Å². The summed E-state index contributed by atoms with van der Waals surface area (Å²) in [7, 11) is -2.79. The van der Waals surface area contributed by atoms with E-state index in [4.69, 9.17) is 0 Å². The van der Waals surface area contributed by atoms with Crippen LogP contribution in [0.4, 0.5) is 32.2 Å². The van der Waals surface area contributed by atoms with Gasteiger partial charge in [-0.3, -0.25) is 9.69 Å². The first kappa shape index (κ1) is 23.6. The molecule has 0 saturated heterocycles. The van der Waals surface area contributed by atoms with Crippen molar-refractivity contribution in [2.45, 2.75) is 30.6 Å². The minimum atomic E-state index is -5.82. The van der Waals surface area contributed by atoms with Gasteiger partial charge in [-0.05, 0) is 29.8 Å². The van der Waals surface area contributed by atoms with Crippen molar-refractivity contribution in [3.8, 4) is 0 Å². The molecule has 2 rings (SSSR count). The van der Waals surface area contributed by atoms with Crippen LogP contribution in [0.15, 0.2) is 41.4 Å². The molecule has 0 fully saturated rings. The van der Waals surface area contributed by atoms with Gasteiger partial charge in [0.1, 0.15) is 12.5 Å². The van der Waals surface area contributed by atoms with E-state index in [1.807, 2.05) is 0 Å². The number of anilines is 1. The topological polar surface area (TPSA) is 67.3 Å². The van der Waals surface area contributed by atoms with Crippen LogP contribution in [0.25, 0.3) is 0 Å². The molecule has 1 amide bonds. The van der Waals surface area contributed by atoms with Crippen molar-refractivity contribution in [3.05, 3.63) is 53.2 Å². The van der Waals surface area contributed by atoms with Gasteiger partial charge in [0.25, 0.3) is 5.91 Å². The number of sulfone groups is 1. The second-order valence-corrected chi connectivity index (χ2v) is 8.46. The summed E-state index contributed by atoms with van der Waals surface area (Å²) in [6.45, 7) is 0.365. The number of carbonyl (C=O) groups excluding carboxylic acids is 1. The molecule has 0 aliphatic rings. The molecule has 0 N–H and O–H groups in total. The van der Waals surface area contributed by atoms with E-state index in [0.29, 0.717) is 6.07 Å². The lowest BCUT2D eigenvalue weighted by molar-refractivity contribution is -0.289. The molecule has 2 aromatic rings. The van der Waals surface area contributed by atoms with E-state index < -0.39 is 45.0 Å². The zero-order valence-corrected chi connectivity index (χ0v) is 16.5. The highest BCUT2D eigenvalue weighted by molar-refractivity contribution is 7.91. The molecule has 0 aliphatic heterocycles. The molecule has 0 atom stereocenters. The minimum absolute atomic E-state index is 0.0260. The maximum Gasteiger partial charge on any atom is 0.458 e. The standard InChI is InChI=1S/C18H16F6N2O3S/c1-3-30(28,29)14-8-11(9-19)4-6-13(14)16(27)26(2)15-7-5-12(10-25-15)17(20,21)18(22,23)24/h4-8,10H,3,9H2,1-2H3. The van der Waals surface area contributed by atoms with Gasteiger partial charge in [-0.15, -0.1) is 0 Å². The fourth-order valence-electron chi connectivity index (χ4n) is 2.46. The Bertz CT molecular complexity index is 1040. The summed E-state index contributed by atoms with van der Waals surface area (Å²) in [5.74, 6) is -6.72. The Kier molecular flexibility index (Phi) is 6.50. The maximum absolute atomic E-state index is 13.4. The van der Waals surface area contributed by atoms with Crippen molar-refractivity contribution in [1.82, 2.24) is 4.98 Å². The number of hydrogen-bond donors (Lipinski definition) is 0. The van der Waals surface area contributed by atoms with E-state index in [9.17, 15) is 39.6 Å². The summed E-state index contributed by atoms with van der Waals surface area (Å²) in [5, 5.41) is 0. The normalized spacial score (nSPS) is 12.7. The summed E-state index contributed by atoms with van der Waals surface area (Å²) in [5.41, 5.74) is -1.71. The number of halogens is 6. The lowest BCUT2D eigenvalue weighted by Gasteiger charge is -2.21. The molecule has 1 aromatic heterocycles. The molecule has 5 nitrogen and oxygen atoms in total. The van der Waals surface area contributed by atoms with Gasteiger partial charge in [-0.2, -0.15) is 22.0 Å². The Morgan fingerprint density at radius 1 is 1.10 bits per heavy atom. The van der Waals surface area contributed by atoms with Crippen LogP contribution < -0.4 is 4.90 Å².